The lowest BCUT2D eigenvalue weighted by Crippen LogP contribution is -1.96. The largest absolute Gasteiger partial charge is 0.493 e. The Kier molecular flexibility index (Phi) is 2.03. The highest BCUT2D eigenvalue weighted by Crippen LogP contribution is 2.40. The topological polar surface area (TPSA) is 35.2 Å². The van der Waals surface area contributed by atoms with E-state index in [1.807, 2.05) is 0 Å². The quantitative estimate of drug-likeness (QED) is 0.753. The first-order valence-electron chi connectivity index (χ1n) is 5.57. The van der Waals surface area contributed by atoms with E-state index in [2.05, 4.69) is 18.2 Å². The third-order valence-electron chi connectivity index (χ3n) is 3.31. The second kappa shape index (κ2) is 3.38. The van der Waals surface area contributed by atoms with Crippen molar-refractivity contribution in [3.63, 3.8) is 0 Å². The third kappa shape index (κ3) is 1.29. The van der Waals surface area contributed by atoms with Gasteiger partial charge in [0.2, 0.25) is 0 Å². The summed E-state index contributed by atoms with van der Waals surface area (Å²) in [5.41, 5.74) is 11.3. The van der Waals surface area contributed by atoms with Crippen molar-refractivity contribution in [2.45, 2.75) is 19.3 Å². The Bertz CT molecular complexity index is 434. The van der Waals surface area contributed by atoms with E-state index in [-0.39, 0.29) is 0 Å². The molecule has 1 aromatic carbocycles. The molecule has 2 aliphatic rings. The van der Waals surface area contributed by atoms with Crippen LogP contribution in [0, 0.1) is 0 Å². The number of allylic oxidation sites excluding steroid dienone is 1. The van der Waals surface area contributed by atoms with Gasteiger partial charge in [0.1, 0.15) is 5.75 Å². The summed E-state index contributed by atoms with van der Waals surface area (Å²) < 4.78 is 5.59. The lowest BCUT2D eigenvalue weighted by Gasteiger charge is -2.07. The number of nitrogens with two attached hydrogens (primary N) is 1. The van der Waals surface area contributed by atoms with Crippen LogP contribution in [0.1, 0.15) is 23.1 Å². The maximum Gasteiger partial charge on any atom is 0.123 e. The second-order valence-corrected chi connectivity index (χ2v) is 4.14. The highest BCUT2D eigenvalue weighted by molar-refractivity contribution is 5.77. The van der Waals surface area contributed by atoms with E-state index in [0.29, 0.717) is 6.54 Å². The number of hydrogen-bond acceptors (Lipinski definition) is 2. The Balaban J connectivity index is 2.18. The molecule has 0 saturated carbocycles. The Hall–Kier alpha value is -1.28. The molecule has 0 atom stereocenters. The predicted octanol–water partition coefficient (Wildman–Crippen LogP) is 1.91. The van der Waals surface area contributed by atoms with Crippen LogP contribution in [0.2, 0.25) is 0 Å². The van der Waals surface area contributed by atoms with Crippen LogP contribution < -0.4 is 10.5 Å². The molecule has 15 heavy (non-hydrogen) atoms. The van der Waals surface area contributed by atoms with Gasteiger partial charge >= 0.3 is 0 Å². The van der Waals surface area contributed by atoms with Crippen LogP contribution in [-0.2, 0) is 12.8 Å². The summed E-state index contributed by atoms with van der Waals surface area (Å²) >= 11 is 0. The van der Waals surface area contributed by atoms with Crippen molar-refractivity contribution in [3.05, 3.63) is 34.9 Å². The highest BCUT2D eigenvalue weighted by atomic mass is 16.5. The van der Waals surface area contributed by atoms with Crippen molar-refractivity contribution in [2.75, 3.05) is 13.2 Å². The Morgan fingerprint density at radius 3 is 3.07 bits per heavy atom. The molecule has 0 spiro atoms. The zero-order chi connectivity index (χ0) is 10.3. The molecule has 0 aromatic heterocycles. The van der Waals surface area contributed by atoms with Gasteiger partial charge in [0.25, 0.3) is 0 Å². The Morgan fingerprint density at radius 1 is 1.27 bits per heavy atom. The van der Waals surface area contributed by atoms with E-state index >= 15 is 0 Å². The predicted molar refractivity (Wildman–Crippen MR) is 61.0 cm³/mol. The van der Waals surface area contributed by atoms with E-state index in [4.69, 9.17) is 10.5 Å². The van der Waals surface area contributed by atoms with Gasteiger partial charge in [-0.05, 0) is 35.6 Å². The van der Waals surface area contributed by atoms with E-state index in [1.54, 1.807) is 0 Å². The summed E-state index contributed by atoms with van der Waals surface area (Å²) in [6.07, 6.45) is 5.52. The molecule has 0 saturated heterocycles. The molecule has 3 rings (SSSR count). The zero-order valence-corrected chi connectivity index (χ0v) is 8.75. The van der Waals surface area contributed by atoms with Crippen LogP contribution in [0.4, 0.5) is 0 Å². The molecule has 1 aromatic rings. The maximum absolute atomic E-state index is 5.60. The van der Waals surface area contributed by atoms with Crippen molar-refractivity contribution in [1.82, 2.24) is 0 Å². The first kappa shape index (κ1) is 8.98. The molecule has 2 N–H and O–H groups in total. The first-order valence-corrected chi connectivity index (χ1v) is 5.57. The second-order valence-electron chi connectivity index (χ2n) is 4.14. The number of ether oxygens (including phenoxy) is 1. The zero-order valence-electron chi connectivity index (χ0n) is 8.75. The lowest BCUT2D eigenvalue weighted by molar-refractivity contribution is 0.357. The van der Waals surface area contributed by atoms with Crippen molar-refractivity contribution in [3.8, 4) is 5.75 Å². The van der Waals surface area contributed by atoms with E-state index in [9.17, 15) is 0 Å². The van der Waals surface area contributed by atoms with Gasteiger partial charge in [0, 0.05) is 18.5 Å². The number of rotatable bonds is 1. The summed E-state index contributed by atoms with van der Waals surface area (Å²) in [7, 11) is 0. The number of aryl methyl sites for hydroxylation is 1. The minimum atomic E-state index is 0.638. The number of fused-ring (bicyclic) bond motifs is 3. The van der Waals surface area contributed by atoms with E-state index in [1.165, 1.54) is 22.3 Å². The summed E-state index contributed by atoms with van der Waals surface area (Å²) in [6.45, 7) is 1.47. The molecule has 0 amide bonds. The fourth-order valence-corrected chi connectivity index (χ4v) is 2.67. The molecule has 1 aliphatic heterocycles. The molecule has 0 bridgehead atoms. The lowest BCUT2D eigenvalue weighted by atomic mass is 9.98. The molecule has 2 heteroatoms. The average Bonchev–Trinajstić information content (AvgIpc) is 2.83. The summed E-state index contributed by atoms with van der Waals surface area (Å²) in [4.78, 5) is 0. The van der Waals surface area contributed by atoms with Gasteiger partial charge in [0.15, 0.2) is 0 Å². The van der Waals surface area contributed by atoms with Crippen molar-refractivity contribution in [1.29, 1.82) is 0 Å². The maximum atomic E-state index is 5.60. The molecule has 1 heterocycles. The summed E-state index contributed by atoms with van der Waals surface area (Å²) in [6, 6.07) is 4.32. The third-order valence-corrected chi connectivity index (χ3v) is 3.31. The smallest absolute Gasteiger partial charge is 0.123 e. The minimum absolute atomic E-state index is 0.638. The average molecular weight is 201 g/mol. The van der Waals surface area contributed by atoms with Gasteiger partial charge in [-0.3, -0.25) is 0 Å². The van der Waals surface area contributed by atoms with Gasteiger partial charge in [-0.25, -0.2) is 0 Å². The van der Waals surface area contributed by atoms with Crippen molar-refractivity contribution < 1.29 is 4.74 Å². The van der Waals surface area contributed by atoms with E-state index < -0.39 is 0 Å². The van der Waals surface area contributed by atoms with Crippen LogP contribution in [0.15, 0.2) is 18.2 Å². The first-order chi connectivity index (χ1) is 7.40. The van der Waals surface area contributed by atoms with Crippen molar-refractivity contribution >= 4 is 5.57 Å². The van der Waals surface area contributed by atoms with Crippen LogP contribution in [-0.4, -0.2) is 13.2 Å². The number of benzene rings is 1. The van der Waals surface area contributed by atoms with Crippen LogP contribution in [0.3, 0.4) is 0 Å². The standard InChI is InChI=1S/C13H15NO/c14-7-5-10-2-1-9-3-4-12-11(13(9)10)6-8-15-12/h3-5H,1-2,6-8,14H2/b10-5+. The van der Waals surface area contributed by atoms with Gasteiger partial charge < -0.3 is 10.5 Å². The SMILES string of the molecule is NC/C=C1\CCc2ccc3c(c21)CCO3. The van der Waals surface area contributed by atoms with Crippen LogP contribution in [0.5, 0.6) is 5.75 Å². The molecule has 0 radical (unpaired) electrons. The number of hydrogen-bond donors (Lipinski definition) is 1. The molecule has 0 unspecified atom stereocenters. The normalized spacial score (nSPS) is 20.2. The van der Waals surface area contributed by atoms with Gasteiger partial charge in [-0.2, -0.15) is 0 Å². The van der Waals surface area contributed by atoms with Crippen molar-refractivity contribution in [2.24, 2.45) is 5.73 Å². The summed E-state index contributed by atoms with van der Waals surface area (Å²) in [5.74, 6) is 1.08. The molecular formula is C13H15NO. The monoisotopic (exact) mass is 201 g/mol. The molecular weight excluding hydrogens is 186 g/mol. The van der Waals surface area contributed by atoms with Gasteiger partial charge in [-0.15, -0.1) is 0 Å². The fourth-order valence-electron chi connectivity index (χ4n) is 2.67. The van der Waals surface area contributed by atoms with Gasteiger partial charge in [-0.1, -0.05) is 12.1 Å². The molecule has 78 valence electrons. The van der Waals surface area contributed by atoms with E-state index in [0.717, 1.165) is 31.6 Å². The molecule has 1 aliphatic carbocycles. The minimum Gasteiger partial charge on any atom is -0.493 e. The Labute approximate surface area is 89.7 Å². The van der Waals surface area contributed by atoms with Crippen LogP contribution in [0.25, 0.3) is 5.57 Å². The fraction of sp³-hybridized carbons (Fsp3) is 0.385. The summed E-state index contributed by atoms with van der Waals surface area (Å²) in [5, 5.41) is 0. The highest BCUT2D eigenvalue weighted by Gasteiger charge is 2.24. The van der Waals surface area contributed by atoms with Crippen LogP contribution >= 0.6 is 0 Å². The van der Waals surface area contributed by atoms with Gasteiger partial charge in [0.05, 0.1) is 6.61 Å². The Morgan fingerprint density at radius 2 is 2.20 bits per heavy atom. The molecule has 0 fully saturated rings. The molecule has 2 nitrogen and oxygen atoms in total.